The quantitative estimate of drug-likeness (QED) is 0.0367. The summed E-state index contributed by atoms with van der Waals surface area (Å²) in [6.07, 6.45) is 58.0. The zero-order valence-corrected chi connectivity index (χ0v) is 36.8. The minimum absolute atomic E-state index is 0.376. The molecule has 55 heavy (non-hydrogen) atoms. The summed E-state index contributed by atoms with van der Waals surface area (Å²) in [5, 5.41) is 33.0. The van der Waals surface area contributed by atoms with E-state index in [2.05, 4.69) is 43.5 Å². The van der Waals surface area contributed by atoms with Crippen LogP contribution in [0.3, 0.4) is 0 Å². The number of aliphatic hydroxyl groups excluding tert-OH is 3. The standard InChI is InChI=1S/C50H95NO4/c1-3-5-7-9-11-13-14-15-16-17-18-19-20-21-22-23-24-25-26-27-28-29-30-31-32-33-34-35-37-39-41-43-45-49(54)50(55)51-47(46-52)48(53)44-42-40-38-36-12-10-8-6-4-2/h12,21-22,36,42,44,47-49,52-54H,3-11,13-20,23-35,37-41,43,45-46H2,1-2H3,(H,51,55)/b22-21-,36-12+,44-42+. The van der Waals surface area contributed by atoms with Gasteiger partial charge in [-0.25, -0.2) is 0 Å². The molecule has 0 heterocycles. The van der Waals surface area contributed by atoms with Gasteiger partial charge in [-0.15, -0.1) is 0 Å². The molecule has 0 saturated carbocycles. The van der Waals surface area contributed by atoms with Crippen molar-refractivity contribution in [2.24, 2.45) is 0 Å². The molecule has 0 fully saturated rings. The molecule has 0 bridgehead atoms. The summed E-state index contributed by atoms with van der Waals surface area (Å²) in [6, 6.07) is -0.811. The first-order valence-corrected chi connectivity index (χ1v) is 24.3. The van der Waals surface area contributed by atoms with Crippen molar-refractivity contribution in [2.75, 3.05) is 6.61 Å². The molecule has 0 aromatic rings. The zero-order valence-electron chi connectivity index (χ0n) is 36.8. The Morgan fingerprint density at radius 1 is 0.436 bits per heavy atom. The molecule has 0 aliphatic rings. The SMILES string of the molecule is CCCCC/C=C/CC/C=C/C(O)C(CO)NC(=O)C(O)CCCCCCCCCCCCCCCCCC/C=C\CCCCCCCCCCCCCC. The van der Waals surface area contributed by atoms with Crippen molar-refractivity contribution >= 4 is 5.91 Å². The molecule has 0 radical (unpaired) electrons. The number of carbonyl (C=O) groups is 1. The number of hydrogen-bond acceptors (Lipinski definition) is 4. The van der Waals surface area contributed by atoms with E-state index in [0.717, 1.165) is 38.5 Å². The molecule has 3 unspecified atom stereocenters. The van der Waals surface area contributed by atoms with Crippen molar-refractivity contribution in [2.45, 2.75) is 270 Å². The second-order valence-electron chi connectivity index (χ2n) is 16.7. The number of carbonyl (C=O) groups excluding carboxylic acids is 1. The lowest BCUT2D eigenvalue weighted by atomic mass is 10.0. The summed E-state index contributed by atoms with van der Waals surface area (Å²) < 4.78 is 0. The van der Waals surface area contributed by atoms with Gasteiger partial charge >= 0.3 is 0 Å². The van der Waals surface area contributed by atoms with Crippen LogP contribution in [0.2, 0.25) is 0 Å². The summed E-state index contributed by atoms with van der Waals surface area (Å²) in [5.74, 6) is -0.514. The van der Waals surface area contributed by atoms with Crippen molar-refractivity contribution < 1.29 is 20.1 Å². The molecule has 324 valence electrons. The van der Waals surface area contributed by atoms with Crippen LogP contribution >= 0.6 is 0 Å². The first-order chi connectivity index (χ1) is 27.1. The lowest BCUT2D eigenvalue weighted by Gasteiger charge is -2.21. The van der Waals surface area contributed by atoms with Gasteiger partial charge in [0.15, 0.2) is 0 Å². The van der Waals surface area contributed by atoms with E-state index in [0.29, 0.717) is 6.42 Å². The van der Waals surface area contributed by atoms with Gasteiger partial charge in [0.05, 0.1) is 18.8 Å². The number of amides is 1. The minimum atomic E-state index is -1.10. The van der Waals surface area contributed by atoms with E-state index >= 15 is 0 Å². The predicted molar refractivity (Wildman–Crippen MR) is 241 cm³/mol. The maximum atomic E-state index is 12.4. The van der Waals surface area contributed by atoms with Crippen molar-refractivity contribution in [3.63, 3.8) is 0 Å². The lowest BCUT2D eigenvalue weighted by Crippen LogP contribution is -2.48. The van der Waals surface area contributed by atoms with Gasteiger partial charge in [0, 0.05) is 0 Å². The number of rotatable bonds is 44. The fourth-order valence-corrected chi connectivity index (χ4v) is 7.37. The molecule has 0 aromatic heterocycles. The number of hydrogen-bond donors (Lipinski definition) is 4. The van der Waals surface area contributed by atoms with Gasteiger partial charge < -0.3 is 20.6 Å². The first kappa shape index (κ1) is 53.6. The third-order valence-electron chi connectivity index (χ3n) is 11.2. The monoisotopic (exact) mass is 774 g/mol. The molecule has 3 atom stereocenters. The molecule has 1 amide bonds. The average Bonchev–Trinajstić information content (AvgIpc) is 3.19. The Balaban J connectivity index is 3.48. The van der Waals surface area contributed by atoms with Crippen molar-refractivity contribution in [1.82, 2.24) is 5.32 Å². The fraction of sp³-hybridized carbons (Fsp3) is 0.860. The summed E-state index contributed by atoms with van der Waals surface area (Å²) in [4.78, 5) is 12.4. The summed E-state index contributed by atoms with van der Waals surface area (Å²) in [5.41, 5.74) is 0. The Hall–Kier alpha value is -1.43. The van der Waals surface area contributed by atoms with E-state index in [1.54, 1.807) is 6.08 Å². The maximum Gasteiger partial charge on any atom is 0.249 e. The Morgan fingerprint density at radius 3 is 1.15 bits per heavy atom. The Bertz CT molecular complexity index is 855. The van der Waals surface area contributed by atoms with Crippen LogP contribution in [0.4, 0.5) is 0 Å². The first-order valence-electron chi connectivity index (χ1n) is 24.3. The van der Waals surface area contributed by atoms with E-state index in [4.69, 9.17) is 0 Å². The van der Waals surface area contributed by atoms with Crippen LogP contribution in [0.15, 0.2) is 36.5 Å². The molecule has 0 rings (SSSR count). The summed E-state index contributed by atoms with van der Waals surface area (Å²) >= 11 is 0. The molecule has 0 aromatic carbocycles. The zero-order chi connectivity index (χ0) is 40.1. The molecule has 0 spiro atoms. The van der Waals surface area contributed by atoms with E-state index < -0.39 is 24.2 Å². The molecule has 5 nitrogen and oxygen atoms in total. The smallest absolute Gasteiger partial charge is 0.249 e. The van der Waals surface area contributed by atoms with Gasteiger partial charge in [-0.3, -0.25) is 4.79 Å². The Morgan fingerprint density at radius 2 is 0.745 bits per heavy atom. The van der Waals surface area contributed by atoms with Gasteiger partial charge in [0.2, 0.25) is 5.91 Å². The van der Waals surface area contributed by atoms with Crippen LogP contribution in [-0.4, -0.2) is 46.1 Å². The molecule has 0 aliphatic heterocycles. The van der Waals surface area contributed by atoms with Crippen molar-refractivity contribution in [3.8, 4) is 0 Å². The van der Waals surface area contributed by atoms with E-state index in [1.165, 1.54) is 193 Å². The third-order valence-corrected chi connectivity index (χ3v) is 11.2. The molecule has 0 saturated heterocycles. The van der Waals surface area contributed by atoms with Gasteiger partial charge in [-0.1, -0.05) is 230 Å². The topological polar surface area (TPSA) is 89.8 Å². The number of nitrogens with one attached hydrogen (secondary N) is 1. The van der Waals surface area contributed by atoms with E-state index in [9.17, 15) is 20.1 Å². The van der Waals surface area contributed by atoms with Gasteiger partial charge in [-0.2, -0.15) is 0 Å². The number of allylic oxidation sites excluding steroid dienone is 5. The van der Waals surface area contributed by atoms with Crippen molar-refractivity contribution in [3.05, 3.63) is 36.5 Å². The molecular formula is C50H95NO4. The van der Waals surface area contributed by atoms with Crippen LogP contribution in [0.1, 0.15) is 251 Å². The highest BCUT2D eigenvalue weighted by atomic mass is 16.3. The van der Waals surface area contributed by atoms with E-state index in [1.807, 2.05) is 6.08 Å². The number of unbranched alkanes of at least 4 members (excludes halogenated alkanes) is 32. The van der Waals surface area contributed by atoms with Crippen LogP contribution in [-0.2, 0) is 4.79 Å². The summed E-state index contributed by atoms with van der Waals surface area (Å²) in [7, 11) is 0. The normalized spacial score (nSPS) is 13.8. The minimum Gasteiger partial charge on any atom is -0.394 e. The van der Waals surface area contributed by atoms with E-state index in [-0.39, 0.29) is 6.61 Å². The second-order valence-corrected chi connectivity index (χ2v) is 16.7. The summed E-state index contributed by atoms with van der Waals surface area (Å²) in [6.45, 7) is 4.12. The highest BCUT2D eigenvalue weighted by Gasteiger charge is 2.22. The fourth-order valence-electron chi connectivity index (χ4n) is 7.37. The van der Waals surface area contributed by atoms with Gasteiger partial charge in [0.1, 0.15) is 6.10 Å². The Labute approximate surface area is 343 Å². The molecule has 0 aliphatic carbocycles. The highest BCUT2D eigenvalue weighted by Crippen LogP contribution is 2.16. The van der Waals surface area contributed by atoms with Gasteiger partial charge in [0.25, 0.3) is 0 Å². The van der Waals surface area contributed by atoms with Crippen LogP contribution in [0, 0.1) is 0 Å². The average molecular weight is 774 g/mol. The van der Waals surface area contributed by atoms with Crippen LogP contribution < -0.4 is 5.32 Å². The molecule has 4 N–H and O–H groups in total. The predicted octanol–water partition coefficient (Wildman–Crippen LogP) is 14.3. The van der Waals surface area contributed by atoms with Crippen LogP contribution in [0.5, 0.6) is 0 Å². The molecule has 5 heteroatoms. The highest BCUT2D eigenvalue weighted by molar-refractivity contribution is 5.80. The third kappa shape index (κ3) is 40.6. The second kappa shape index (κ2) is 45.3. The Kier molecular flexibility index (Phi) is 44.1. The van der Waals surface area contributed by atoms with Gasteiger partial charge in [-0.05, 0) is 57.8 Å². The lowest BCUT2D eigenvalue weighted by molar-refractivity contribution is -0.131. The number of aliphatic hydroxyl groups is 3. The van der Waals surface area contributed by atoms with Crippen molar-refractivity contribution in [1.29, 1.82) is 0 Å². The maximum absolute atomic E-state index is 12.4. The molecular weight excluding hydrogens is 679 g/mol. The largest absolute Gasteiger partial charge is 0.394 e. The van der Waals surface area contributed by atoms with Crippen LogP contribution in [0.25, 0.3) is 0 Å².